The summed E-state index contributed by atoms with van der Waals surface area (Å²) in [5.74, 6) is -0.105. The van der Waals surface area contributed by atoms with Gasteiger partial charge in [-0.05, 0) is 40.2 Å². The first-order valence-corrected chi connectivity index (χ1v) is 6.50. The number of nitrogens with zero attached hydrogens (tertiary/aromatic N) is 1. The van der Waals surface area contributed by atoms with Crippen LogP contribution in [0.5, 0.6) is 11.5 Å². The molecule has 1 aromatic heterocycles. The highest BCUT2D eigenvalue weighted by atomic mass is 79.9. The molecule has 0 aliphatic rings. The van der Waals surface area contributed by atoms with Gasteiger partial charge in [-0.1, -0.05) is 17.7 Å². The molecule has 2 aromatic rings. The van der Waals surface area contributed by atoms with Crippen LogP contribution in [0, 0.1) is 0 Å². The number of phenolic OH excluding ortho intramolecular Hbond substituents is 1. The second kappa shape index (κ2) is 6.04. The van der Waals surface area contributed by atoms with Crippen molar-refractivity contribution in [2.75, 3.05) is 6.61 Å². The Morgan fingerprint density at radius 3 is 2.84 bits per heavy atom. The Labute approximate surface area is 123 Å². The summed E-state index contributed by atoms with van der Waals surface area (Å²) in [6.07, 6.45) is 1.39. The molecule has 0 bridgehead atoms. The quantitative estimate of drug-likeness (QED) is 0.864. The molecule has 0 aliphatic heterocycles. The number of para-hydroxylation sites is 1. The van der Waals surface area contributed by atoms with Crippen molar-refractivity contribution in [3.05, 3.63) is 51.7 Å². The molecule has 0 unspecified atom stereocenters. The van der Waals surface area contributed by atoms with Crippen molar-refractivity contribution in [3.63, 3.8) is 0 Å². The summed E-state index contributed by atoms with van der Waals surface area (Å²) < 4.78 is 5.76. The highest BCUT2D eigenvalue weighted by Gasteiger charge is 2.11. The maximum Gasteiger partial charge on any atom is 0.218 e. The molecule has 1 aromatic carbocycles. The molecule has 6 heteroatoms. The van der Waals surface area contributed by atoms with Crippen LogP contribution in [0.2, 0.25) is 5.02 Å². The van der Waals surface area contributed by atoms with Crippen molar-refractivity contribution in [2.45, 2.75) is 0 Å². The van der Waals surface area contributed by atoms with E-state index in [1.807, 2.05) is 0 Å². The van der Waals surface area contributed by atoms with Crippen LogP contribution in [-0.2, 0) is 0 Å². The first-order valence-electron chi connectivity index (χ1n) is 5.33. The number of aromatic hydroxyl groups is 1. The Hall–Kier alpha value is -1.59. The number of rotatable bonds is 4. The average molecular weight is 343 g/mol. The van der Waals surface area contributed by atoms with Gasteiger partial charge in [0.15, 0.2) is 18.1 Å². The molecule has 19 heavy (non-hydrogen) atoms. The van der Waals surface area contributed by atoms with E-state index in [1.165, 1.54) is 12.3 Å². The van der Waals surface area contributed by atoms with Gasteiger partial charge in [0, 0.05) is 6.20 Å². The van der Waals surface area contributed by atoms with Crippen molar-refractivity contribution < 1.29 is 14.6 Å². The number of Topliss-reactive ketones (excluding diaryl/α,β-unsaturated/α-hetero) is 1. The number of benzene rings is 1. The van der Waals surface area contributed by atoms with Crippen LogP contribution in [-0.4, -0.2) is 22.5 Å². The number of ketones is 1. The van der Waals surface area contributed by atoms with Gasteiger partial charge in [-0.2, -0.15) is 0 Å². The number of hydrogen-bond donors (Lipinski definition) is 1. The summed E-state index contributed by atoms with van der Waals surface area (Å²) >= 11 is 8.85. The fourth-order valence-electron chi connectivity index (χ4n) is 1.37. The van der Waals surface area contributed by atoms with Gasteiger partial charge in [-0.3, -0.25) is 9.78 Å². The molecule has 0 saturated carbocycles. The van der Waals surface area contributed by atoms with E-state index >= 15 is 0 Å². The molecule has 0 saturated heterocycles. The average Bonchev–Trinajstić information content (AvgIpc) is 2.41. The Morgan fingerprint density at radius 2 is 2.16 bits per heavy atom. The van der Waals surface area contributed by atoms with Crippen LogP contribution in [0.3, 0.4) is 0 Å². The summed E-state index contributed by atoms with van der Waals surface area (Å²) in [6.45, 7) is -0.210. The monoisotopic (exact) mass is 341 g/mol. The van der Waals surface area contributed by atoms with E-state index in [4.69, 9.17) is 16.3 Å². The van der Waals surface area contributed by atoms with Crippen LogP contribution >= 0.6 is 27.5 Å². The summed E-state index contributed by atoms with van der Waals surface area (Å²) in [5.41, 5.74) is 0.263. The summed E-state index contributed by atoms with van der Waals surface area (Å²) in [6, 6.07) is 8.05. The number of ether oxygens (including phenoxy) is 1. The van der Waals surface area contributed by atoms with Crippen molar-refractivity contribution in [2.24, 2.45) is 0 Å². The van der Waals surface area contributed by atoms with Crippen LogP contribution in [0.1, 0.15) is 10.5 Å². The smallest absolute Gasteiger partial charge is 0.218 e. The zero-order chi connectivity index (χ0) is 13.8. The van der Waals surface area contributed by atoms with Crippen LogP contribution in [0.4, 0.5) is 0 Å². The second-order valence-electron chi connectivity index (χ2n) is 3.66. The molecule has 98 valence electrons. The van der Waals surface area contributed by atoms with E-state index in [-0.39, 0.29) is 29.6 Å². The molecule has 2 rings (SSSR count). The Morgan fingerprint density at radius 1 is 1.37 bits per heavy atom. The lowest BCUT2D eigenvalue weighted by Crippen LogP contribution is -2.13. The zero-order valence-corrected chi connectivity index (χ0v) is 12.0. The molecule has 1 heterocycles. The number of hydrogen-bond acceptors (Lipinski definition) is 4. The molecule has 0 atom stereocenters. The minimum atomic E-state index is -0.295. The number of aromatic nitrogens is 1. The number of carbonyl (C=O) groups is 1. The fraction of sp³-hybridized carbons (Fsp3) is 0.0769. The van der Waals surface area contributed by atoms with Crippen molar-refractivity contribution in [1.82, 2.24) is 4.98 Å². The molecule has 0 fully saturated rings. The maximum atomic E-state index is 11.8. The van der Waals surface area contributed by atoms with Crippen molar-refractivity contribution >= 4 is 33.3 Å². The number of phenols is 1. The highest BCUT2D eigenvalue weighted by Crippen LogP contribution is 2.33. The van der Waals surface area contributed by atoms with Gasteiger partial charge in [0.1, 0.15) is 5.69 Å². The van der Waals surface area contributed by atoms with Gasteiger partial charge in [0.25, 0.3) is 0 Å². The van der Waals surface area contributed by atoms with Gasteiger partial charge < -0.3 is 9.84 Å². The summed E-state index contributed by atoms with van der Waals surface area (Å²) in [5, 5.41) is 10.2. The number of pyridine rings is 1. The van der Waals surface area contributed by atoms with Gasteiger partial charge >= 0.3 is 0 Å². The number of halogens is 2. The summed E-state index contributed by atoms with van der Waals surface area (Å²) in [4.78, 5) is 15.7. The van der Waals surface area contributed by atoms with E-state index in [0.29, 0.717) is 9.50 Å². The van der Waals surface area contributed by atoms with Crippen LogP contribution < -0.4 is 4.74 Å². The minimum Gasteiger partial charge on any atom is -0.503 e. The topological polar surface area (TPSA) is 59.4 Å². The first kappa shape index (κ1) is 13.8. The lowest BCUT2D eigenvalue weighted by atomic mass is 10.2. The fourth-order valence-corrected chi connectivity index (χ4v) is 1.83. The minimum absolute atomic E-state index is 0.0423. The second-order valence-corrected chi connectivity index (χ2v) is 4.95. The summed E-state index contributed by atoms with van der Waals surface area (Å²) in [7, 11) is 0. The molecular weight excluding hydrogens is 334 g/mol. The molecular formula is C13H9BrClNO3. The molecule has 0 amide bonds. The van der Waals surface area contributed by atoms with E-state index in [0.717, 1.165) is 0 Å². The third kappa shape index (κ3) is 3.45. The van der Waals surface area contributed by atoms with E-state index in [2.05, 4.69) is 20.9 Å². The Bertz CT molecular complexity index is 601. The van der Waals surface area contributed by atoms with E-state index in [1.54, 1.807) is 24.3 Å². The van der Waals surface area contributed by atoms with Gasteiger partial charge in [-0.25, -0.2) is 0 Å². The third-order valence-electron chi connectivity index (χ3n) is 2.32. The van der Waals surface area contributed by atoms with Gasteiger partial charge in [-0.15, -0.1) is 0 Å². The van der Waals surface area contributed by atoms with Crippen LogP contribution in [0.15, 0.2) is 41.0 Å². The zero-order valence-electron chi connectivity index (χ0n) is 9.64. The molecule has 1 N–H and O–H groups in total. The standard InChI is InChI=1S/C13H9BrClNO3/c14-9-2-1-3-12(13(9)18)19-7-11(17)10-5-4-8(15)6-16-10/h1-6,18H,7H2. The normalized spacial score (nSPS) is 10.2. The lowest BCUT2D eigenvalue weighted by Gasteiger charge is -2.08. The largest absolute Gasteiger partial charge is 0.503 e. The van der Waals surface area contributed by atoms with Crippen LogP contribution in [0.25, 0.3) is 0 Å². The maximum absolute atomic E-state index is 11.8. The van der Waals surface area contributed by atoms with E-state index in [9.17, 15) is 9.90 Å². The predicted octanol–water partition coefficient (Wildman–Crippen LogP) is 3.46. The Kier molecular flexibility index (Phi) is 4.39. The Balaban J connectivity index is 2.04. The third-order valence-corrected chi connectivity index (χ3v) is 3.19. The molecule has 0 radical (unpaired) electrons. The van der Waals surface area contributed by atoms with Crippen molar-refractivity contribution in [1.29, 1.82) is 0 Å². The molecule has 0 aliphatic carbocycles. The highest BCUT2D eigenvalue weighted by molar-refractivity contribution is 9.10. The predicted molar refractivity (Wildman–Crippen MR) is 74.9 cm³/mol. The lowest BCUT2D eigenvalue weighted by molar-refractivity contribution is 0.0914. The molecule has 0 spiro atoms. The SMILES string of the molecule is O=C(COc1cccc(Br)c1O)c1ccc(Cl)cn1. The van der Waals surface area contributed by atoms with E-state index < -0.39 is 0 Å². The first-order chi connectivity index (χ1) is 9.08. The van der Waals surface area contributed by atoms with Gasteiger partial charge in [0.05, 0.1) is 9.50 Å². The van der Waals surface area contributed by atoms with Gasteiger partial charge in [0.2, 0.25) is 5.78 Å². The number of carbonyl (C=O) groups excluding carboxylic acids is 1. The van der Waals surface area contributed by atoms with Crippen molar-refractivity contribution in [3.8, 4) is 11.5 Å². The molecule has 4 nitrogen and oxygen atoms in total.